The summed E-state index contributed by atoms with van der Waals surface area (Å²) in [5.74, 6) is 0.491. The minimum atomic E-state index is -0.157. The Kier molecular flexibility index (Phi) is 6.05. The Balaban J connectivity index is 1.81. The molecule has 142 valence electrons. The number of carbonyl (C=O) groups excluding carboxylic acids is 1. The van der Waals surface area contributed by atoms with Crippen molar-refractivity contribution in [2.24, 2.45) is 7.05 Å². The summed E-state index contributed by atoms with van der Waals surface area (Å²) in [6.07, 6.45) is 0. The molecule has 0 atom stereocenters. The molecule has 0 aliphatic heterocycles. The second-order valence-corrected chi connectivity index (χ2v) is 6.28. The average molecular weight is 368 g/mol. The molecule has 1 heterocycles. The molecular weight excluding hydrogens is 344 g/mol. The van der Waals surface area contributed by atoms with Gasteiger partial charge in [-0.3, -0.25) is 4.79 Å². The second-order valence-electron chi connectivity index (χ2n) is 6.28. The maximum Gasteiger partial charge on any atom is 0.251 e. The number of hydrogen-bond acceptors (Lipinski definition) is 5. The van der Waals surface area contributed by atoms with Crippen LogP contribution in [0.25, 0.3) is 11.0 Å². The van der Waals surface area contributed by atoms with E-state index in [0.29, 0.717) is 36.7 Å². The van der Waals surface area contributed by atoms with Gasteiger partial charge in [0.25, 0.3) is 5.91 Å². The first-order valence-corrected chi connectivity index (χ1v) is 8.89. The number of anilines is 1. The zero-order valence-corrected chi connectivity index (χ0v) is 15.3. The van der Waals surface area contributed by atoms with Gasteiger partial charge in [-0.15, -0.1) is 0 Å². The van der Waals surface area contributed by atoms with Crippen LogP contribution in [0.3, 0.4) is 0 Å². The Labute approximate surface area is 157 Å². The number of rotatable bonds is 8. The van der Waals surface area contributed by atoms with E-state index in [1.807, 2.05) is 52.9 Å². The summed E-state index contributed by atoms with van der Waals surface area (Å²) in [6.45, 7) is 1.16. The van der Waals surface area contributed by atoms with Crippen LogP contribution in [-0.2, 0) is 13.6 Å². The van der Waals surface area contributed by atoms with Gasteiger partial charge in [0, 0.05) is 32.2 Å². The molecule has 0 bridgehead atoms. The Bertz CT molecular complexity index is 902. The maximum absolute atomic E-state index is 12.5. The predicted molar refractivity (Wildman–Crippen MR) is 105 cm³/mol. The molecule has 0 fully saturated rings. The summed E-state index contributed by atoms with van der Waals surface area (Å²) >= 11 is 0. The van der Waals surface area contributed by atoms with E-state index in [9.17, 15) is 15.0 Å². The van der Waals surface area contributed by atoms with Crippen molar-refractivity contribution in [2.45, 2.75) is 6.54 Å². The van der Waals surface area contributed by atoms with E-state index in [-0.39, 0.29) is 19.1 Å². The summed E-state index contributed by atoms with van der Waals surface area (Å²) in [5, 5.41) is 21.4. The SMILES string of the molecule is Cn1c(N(CCO)CCO)nc2cc(C(=O)NCc3ccccc3)ccc21. The van der Waals surface area contributed by atoms with Crippen molar-refractivity contribution in [1.82, 2.24) is 14.9 Å². The minimum Gasteiger partial charge on any atom is -0.395 e. The first kappa shape index (κ1) is 18.9. The molecule has 0 unspecified atom stereocenters. The van der Waals surface area contributed by atoms with E-state index in [0.717, 1.165) is 11.1 Å². The molecule has 0 saturated carbocycles. The van der Waals surface area contributed by atoms with Crippen molar-refractivity contribution >= 4 is 22.9 Å². The molecule has 0 radical (unpaired) electrons. The fourth-order valence-corrected chi connectivity index (χ4v) is 3.04. The molecule has 3 N–H and O–H groups in total. The molecule has 0 spiro atoms. The lowest BCUT2D eigenvalue weighted by atomic mass is 10.1. The lowest BCUT2D eigenvalue weighted by molar-refractivity contribution is 0.0951. The first-order chi connectivity index (χ1) is 13.1. The third kappa shape index (κ3) is 4.27. The van der Waals surface area contributed by atoms with Crippen molar-refractivity contribution in [2.75, 3.05) is 31.2 Å². The van der Waals surface area contributed by atoms with Crippen LogP contribution < -0.4 is 10.2 Å². The molecule has 7 nitrogen and oxygen atoms in total. The number of imidazole rings is 1. The number of benzene rings is 2. The van der Waals surface area contributed by atoms with Gasteiger partial charge in [-0.2, -0.15) is 0 Å². The normalized spacial score (nSPS) is 10.9. The maximum atomic E-state index is 12.5. The molecule has 2 aromatic carbocycles. The number of hydrogen-bond donors (Lipinski definition) is 3. The molecule has 0 aliphatic carbocycles. The molecule has 3 rings (SSSR count). The number of fused-ring (bicyclic) bond motifs is 1. The molecule has 0 saturated heterocycles. The van der Waals surface area contributed by atoms with Crippen LogP contribution in [-0.4, -0.2) is 52.0 Å². The van der Waals surface area contributed by atoms with E-state index in [2.05, 4.69) is 10.3 Å². The van der Waals surface area contributed by atoms with Gasteiger partial charge in [0.1, 0.15) is 0 Å². The van der Waals surface area contributed by atoms with Gasteiger partial charge in [0.15, 0.2) is 0 Å². The van der Waals surface area contributed by atoms with E-state index in [1.54, 1.807) is 12.1 Å². The zero-order chi connectivity index (χ0) is 19.2. The third-order valence-corrected chi connectivity index (χ3v) is 4.44. The molecule has 3 aromatic rings. The highest BCUT2D eigenvalue weighted by Crippen LogP contribution is 2.22. The van der Waals surface area contributed by atoms with Crippen molar-refractivity contribution < 1.29 is 15.0 Å². The van der Waals surface area contributed by atoms with Crippen LogP contribution >= 0.6 is 0 Å². The number of aryl methyl sites for hydroxylation is 1. The van der Waals surface area contributed by atoms with Crippen LogP contribution in [0.15, 0.2) is 48.5 Å². The van der Waals surface area contributed by atoms with Gasteiger partial charge >= 0.3 is 0 Å². The summed E-state index contributed by atoms with van der Waals surface area (Å²) in [7, 11) is 1.88. The summed E-state index contributed by atoms with van der Waals surface area (Å²) < 4.78 is 1.90. The Hall–Kier alpha value is -2.90. The smallest absolute Gasteiger partial charge is 0.251 e. The summed E-state index contributed by atoms with van der Waals surface area (Å²) in [5.41, 5.74) is 3.15. The largest absolute Gasteiger partial charge is 0.395 e. The zero-order valence-electron chi connectivity index (χ0n) is 15.3. The van der Waals surface area contributed by atoms with Crippen molar-refractivity contribution in [3.8, 4) is 0 Å². The van der Waals surface area contributed by atoms with Crippen LogP contribution in [0.2, 0.25) is 0 Å². The van der Waals surface area contributed by atoms with Gasteiger partial charge in [-0.25, -0.2) is 4.98 Å². The van der Waals surface area contributed by atoms with Crippen LogP contribution in [0.1, 0.15) is 15.9 Å². The quantitative estimate of drug-likeness (QED) is 0.557. The lowest BCUT2D eigenvalue weighted by Crippen LogP contribution is -2.31. The number of carbonyl (C=O) groups is 1. The molecule has 27 heavy (non-hydrogen) atoms. The second kappa shape index (κ2) is 8.66. The van der Waals surface area contributed by atoms with Gasteiger partial charge in [-0.05, 0) is 23.8 Å². The number of nitrogens with zero attached hydrogens (tertiary/aromatic N) is 3. The van der Waals surface area contributed by atoms with E-state index >= 15 is 0 Å². The Morgan fingerprint density at radius 1 is 1.11 bits per heavy atom. The highest BCUT2D eigenvalue weighted by Gasteiger charge is 2.16. The highest BCUT2D eigenvalue weighted by atomic mass is 16.3. The molecule has 7 heteroatoms. The number of nitrogens with one attached hydrogen (secondary N) is 1. The van der Waals surface area contributed by atoms with E-state index in [1.165, 1.54) is 0 Å². The predicted octanol–water partition coefficient (Wildman–Crippen LogP) is 1.29. The van der Waals surface area contributed by atoms with Gasteiger partial charge in [-0.1, -0.05) is 30.3 Å². The summed E-state index contributed by atoms with van der Waals surface area (Å²) in [4.78, 5) is 18.9. The van der Waals surface area contributed by atoms with Crippen LogP contribution in [0.4, 0.5) is 5.95 Å². The highest BCUT2D eigenvalue weighted by molar-refractivity contribution is 5.97. The van der Waals surface area contributed by atoms with E-state index < -0.39 is 0 Å². The molecular formula is C20H24N4O3. The fraction of sp³-hybridized carbons (Fsp3) is 0.300. The van der Waals surface area contributed by atoms with Gasteiger partial charge in [0.05, 0.1) is 24.2 Å². The standard InChI is InChI=1S/C20H24N4O3/c1-23-18-8-7-16(19(27)21-14-15-5-3-2-4-6-15)13-17(18)22-20(23)24(9-11-25)10-12-26/h2-8,13,25-26H,9-12,14H2,1H3,(H,21,27). The Morgan fingerprint density at radius 3 is 2.48 bits per heavy atom. The van der Waals surface area contributed by atoms with Crippen molar-refractivity contribution in [3.05, 3.63) is 59.7 Å². The number of amides is 1. The van der Waals surface area contributed by atoms with E-state index in [4.69, 9.17) is 0 Å². The van der Waals surface area contributed by atoms with Gasteiger partial charge < -0.3 is 25.0 Å². The monoisotopic (exact) mass is 368 g/mol. The lowest BCUT2D eigenvalue weighted by Gasteiger charge is -2.21. The molecule has 0 aliphatic rings. The topological polar surface area (TPSA) is 90.6 Å². The number of aromatic nitrogens is 2. The molecule has 1 amide bonds. The molecule has 1 aromatic heterocycles. The van der Waals surface area contributed by atoms with Crippen LogP contribution in [0.5, 0.6) is 0 Å². The summed E-state index contributed by atoms with van der Waals surface area (Å²) in [6, 6.07) is 15.1. The number of aliphatic hydroxyl groups is 2. The average Bonchev–Trinajstić information content (AvgIpc) is 3.02. The van der Waals surface area contributed by atoms with Gasteiger partial charge in [0.2, 0.25) is 5.95 Å². The third-order valence-electron chi connectivity index (χ3n) is 4.44. The first-order valence-electron chi connectivity index (χ1n) is 8.89. The Morgan fingerprint density at radius 2 is 1.81 bits per heavy atom. The number of aliphatic hydroxyl groups excluding tert-OH is 2. The fourth-order valence-electron chi connectivity index (χ4n) is 3.04. The van der Waals surface area contributed by atoms with Crippen molar-refractivity contribution in [3.63, 3.8) is 0 Å². The minimum absolute atomic E-state index is 0.0314. The van der Waals surface area contributed by atoms with Crippen molar-refractivity contribution in [1.29, 1.82) is 0 Å². The van der Waals surface area contributed by atoms with Crippen LogP contribution in [0, 0.1) is 0 Å².